The van der Waals surface area contributed by atoms with E-state index in [1.54, 1.807) is 24.3 Å². The van der Waals surface area contributed by atoms with Gasteiger partial charge in [0.15, 0.2) is 10.7 Å². The topological polar surface area (TPSA) is 96.0 Å². The lowest BCUT2D eigenvalue weighted by Crippen LogP contribution is -2.30. The second kappa shape index (κ2) is 9.00. The van der Waals surface area contributed by atoms with Gasteiger partial charge in [0.05, 0.1) is 0 Å². The van der Waals surface area contributed by atoms with Crippen molar-refractivity contribution in [1.29, 1.82) is 0 Å². The summed E-state index contributed by atoms with van der Waals surface area (Å²) in [6.07, 6.45) is 0. The van der Waals surface area contributed by atoms with E-state index in [-0.39, 0.29) is 35.4 Å². The lowest BCUT2D eigenvalue weighted by atomic mass is 10.2. The molecule has 3 amide bonds. The molecule has 2 aromatic carbocycles. The van der Waals surface area contributed by atoms with Crippen LogP contribution < -0.4 is 16.0 Å². The van der Waals surface area contributed by atoms with Crippen LogP contribution in [0.3, 0.4) is 0 Å². The molecule has 0 spiro atoms. The average molecular weight is 403 g/mol. The molecule has 1 aromatic heterocycles. The number of carbonyl (C=O) groups is 2. The highest BCUT2D eigenvalue weighted by Gasteiger charge is 2.18. The quantitative estimate of drug-likeness (QED) is 0.589. The van der Waals surface area contributed by atoms with E-state index < -0.39 is 11.9 Å². The molecule has 28 heavy (non-hydrogen) atoms. The summed E-state index contributed by atoms with van der Waals surface area (Å²) in [5, 5.41) is 11.7. The smallest absolute Gasteiger partial charge is 0.320 e. The van der Waals surface area contributed by atoms with E-state index in [0.29, 0.717) is 5.56 Å². The first-order valence-corrected chi connectivity index (χ1v) is 8.93. The number of nitrogens with one attached hydrogen (secondary N) is 3. The number of amides is 3. The summed E-state index contributed by atoms with van der Waals surface area (Å²) < 4.78 is 29.5. The zero-order chi connectivity index (χ0) is 19.9. The second-order valence-corrected chi connectivity index (χ2v) is 6.45. The van der Waals surface area contributed by atoms with E-state index in [4.69, 9.17) is 0 Å². The maximum absolute atomic E-state index is 12.9. The fourth-order valence-electron chi connectivity index (χ4n) is 2.22. The van der Waals surface area contributed by atoms with Crippen LogP contribution in [0.4, 0.5) is 18.6 Å². The van der Waals surface area contributed by atoms with Gasteiger partial charge in [-0.2, -0.15) is 0 Å². The normalized spacial score (nSPS) is 10.4. The van der Waals surface area contributed by atoms with Gasteiger partial charge in [-0.05, 0) is 35.4 Å². The van der Waals surface area contributed by atoms with Gasteiger partial charge in [-0.3, -0.25) is 10.1 Å². The Bertz CT molecular complexity index is 961. The van der Waals surface area contributed by atoms with Crippen molar-refractivity contribution in [1.82, 2.24) is 20.2 Å². The highest BCUT2D eigenvalue weighted by Crippen LogP contribution is 2.17. The van der Waals surface area contributed by atoms with Crippen molar-refractivity contribution in [3.05, 3.63) is 77.0 Å². The van der Waals surface area contributed by atoms with Crippen LogP contribution in [-0.2, 0) is 13.1 Å². The van der Waals surface area contributed by atoms with Gasteiger partial charge in [-0.1, -0.05) is 28.8 Å². The van der Waals surface area contributed by atoms with Crippen LogP contribution in [0.15, 0.2) is 48.5 Å². The number of carbonyl (C=O) groups excluding carboxylic acids is 2. The summed E-state index contributed by atoms with van der Waals surface area (Å²) in [7, 11) is 0. The molecule has 7 nitrogen and oxygen atoms in total. The fourth-order valence-corrected chi connectivity index (χ4v) is 2.78. The van der Waals surface area contributed by atoms with Crippen molar-refractivity contribution in [2.24, 2.45) is 0 Å². The van der Waals surface area contributed by atoms with Crippen molar-refractivity contribution in [2.75, 3.05) is 5.32 Å². The Kier molecular flexibility index (Phi) is 6.22. The predicted octanol–water partition coefficient (Wildman–Crippen LogP) is 3.07. The number of urea groups is 1. The van der Waals surface area contributed by atoms with Crippen molar-refractivity contribution < 1.29 is 18.4 Å². The lowest BCUT2D eigenvalue weighted by molar-refractivity contribution is 0.0946. The first-order chi connectivity index (χ1) is 13.5. The second-order valence-electron chi connectivity index (χ2n) is 5.69. The monoisotopic (exact) mass is 403 g/mol. The zero-order valence-corrected chi connectivity index (χ0v) is 15.2. The van der Waals surface area contributed by atoms with Crippen LogP contribution in [0.1, 0.15) is 21.6 Å². The third-order valence-corrected chi connectivity index (χ3v) is 4.30. The van der Waals surface area contributed by atoms with Crippen LogP contribution in [0.2, 0.25) is 0 Å². The summed E-state index contributed by atoms with van der Waals surface area (Å²) in [5.41, 5.74) is 1.41. The van der Waals surface area contributed by atoms with Gasteiger partial charge in [0.1, 0.15) is 11.6 Å². The molecule has 0 aliphatic carbocycles. The number of halogens is 2. The molecule has 0 atom stereocenters. The molecule has 0 aliphatic heterocycles. The zero-order valence-electron chi connectivity index (χ0n) is 14.4. The highest BCUT2D eigenvalue weighted by atomic mass is 32.1. The van der Waals surface area contributed by atoms with E-state index in [0.717, 1.165) is 17.1 Å². The third-order valence-electron chi connectivity index (χ3n) is 3.66. The molecule has 3 aromatic rings. The van der Waals surface area contributed by atoms with Crippen LogP contribution >= 0.6 is 11.5 Å². The number of anilines is 1. The summed E-state index contributed by atoms with van der Waals surface area (Å²) >= 11 is 0.860. The number of hydrogen-bond donors (Lipinski definition) is 3. The molecule has 0 fully saturated rings. The molecule has 0 saturated heterocycles. The predicted molar refractivity (Wildman–Crippen MR) is 99.7 cm³/mol. The maximum Gasteiger partial charge on any atom is 0.320 e. The third kappa shape index (κ3) is 5.30. The Hall–Kier alpha value is -3.40. The minimum absolute atomic E-state index is 0.0240. The molecule has 0 radical (unpaired) electrons. The van der Waals surface area contributed by atoms with Crippen LogP contribution in [-0.4, -0.2) is 21.5 Å². The van der Waals surface area contributed by atoms with Gasteiger partial charge < -0.3 is 10.6 Å². The fraction of sp³-hybridized carbons (Fsp3) is 0.111. The molecule has 0 saturated carbocycles. The van der Waals surface area contributed by atoms with E-state index in [1.807, 2.05) is 0 Å². The van der Waals surface area contributed by atoms with Crippen molar-refractivity contribution in [3.8, 4) is 0 Å². The molecule has 0 aliphatic rings. The lowest BCUT2D eigenvalue weighted by Gasteiger charge is -2.08. The average Bonchev–Trinajstić information content (AvgIpc) is 3.15. The van der Waals surface area contributed by atoms with Gasteiger partial charge in [0, 0.05) is 24.6 Å². The van der Waals surface area contributed by atoms with Gasteiger partial charge in [0.2, 0.25) is 0 Å². The molecule has 0 unspecified atom stereocenters. The Labute approximate surface area is 162 Å². The van der Waals surface area contributed by atoms with Crippen LogP contribution in [0.5, 0.6) is 0 Å². The van der Waals surface area contributed by atoms with Crippen molar-refractivity contribution >= 4 is 28.5 Å². The molecule has 3 rings (SSSR count). The summed E-state index contributed by atoms with van der Waals surface area (Å²) in [4.78, 5) is 24.3. The number of rotatable bonds is 6. The van der Waals surface area contributed by atoms with E-state index in [1.165, 1.54) is 24.3 Å². The van der Waals surface area contributed by atoms with E-state index in [2.05, 4.69) is 25.5 Å². The van der Waals surface area contributed by atoms with Crippen LogP contribution in [0, 0.1) is 11.6 Å². The van der Waals surface area contributed by atoms with Gasteiger partial charge in [-0.25, -0.2) is 13.6 Å². The standard InChI is InChI=1S/C18H15F2N5O2S/c19-13-5-1-11(2-6-13)9-21-16(26)15-17(28-25-24-15)23-18(27)22-10-12-3-7-14(20)8-4-12/h1-8H,9-10H2,(H,21,26)(H2,22,23,27). The molecule has 144 valence electrons. The SMILES string of the molecule is O=C(NCc1ccc(F)cc1)Nc1snnc1C(=O)NCc1ccc(F)cc1. The van der Waals surface area contributed by atoms with Crippen LogP contribution in [0.25, 0.3) is 0 Å². The highest BCUT2D eigenvalue weighted by molar-refractivity contribution is 7.10. The minimum atomic E-state index is -0.553. The Morgan fingerprint density at radius 1 is 0.857 bits per heavy atom. The molecule has 10 heteroatoms. The van der Waals surface area contributed by atoms with Gasteiger partial charge in [-0.15, -0.1) is 5.10 Å². The van der Waals surface area contributed by atoms with E-state index >= 15 is 0 Å². The molecular formula is C18H15F2N5O2S. The molecular weight excluding hydrogens is 388 g/mol. The first-order valence-electron chi connectivity index (χ1n) is 8.15. The summed E-state index contributed by atoms with van der Waals surface area (Å²) in [5.74, 6) is -1.25. The molecule has 3 N–H and O–H groups in total. The van der Waals surface area contributed by atoms with Gasteiger partial charge in [0.25, 0.3) is 5.91 Å². The molecule has 1 heterocycles. The number of hydrogen-bond acceptors (Lipinski definition) is 5. The first kappa shape index (κ1) is 19.4. The number of nitrogens with zero attached hydrogens (tertiary/aromatic N) is 2. The van der Waals surface area contributed by atoms with Crippen molar-refractivity contribution in [2.45, 2.75) is 13.1 Å². The Balaban J connectivity index is 1.53. The van der Waals surface area contributed by atoms with E-state index in [9.17, 15) is 18.4 Å². The Morgan fingerprint density at radius 3 is 1.96 bits per heavy atom. The summed E-state index contributed by atoms with van der Waals surface area (Å²) in [6, 6.07) is 10.8. The maximum atomic E-state index is 12.9. The number of benzene rings is 2. The minimum Gasteiger partial charge on any atom is -0.346 e. The number of aromatic nitrogens is 2. The van der Waals surface area contributed by atoms with Gasteiger partial charge >= 0.3 is 6.03 Å². The summed E-state index contributed by atoms with van der Waals surface area (Å²) in [6.45, 7) is 0.358. The van der Waals surface area contributed by atoms with Crippen molar-refractivity contribution in [3.63, 3.8) is 0 Å². The molecule has 0 bridgehead atoms. The Morgan fingerprint density at radius 2 is 1.39 bits per heavy atom. The largest absolute Gasteiger partial charge is 0.346 e.